The molecule has 0 atom stereocenters. The van der Waals surface area contributed by atoms with Crippen LogP contribution in [-0.2, 0) is 22.3 Å². The lowest BCUT2D eigenvalue weighted by Gasteiger charge is -2.43. The Morgan fingerprint density at radius 1 is 0.909 bits per heavy atom. The molecular weight excluding hydrogens is 577 g/mol. The first-order chi connectivity index (χ1) is 21.1. The Bertz CT molecular complexity index is 1500. The third-order valence-corrected chi connectivity index (χ3v) is 8.18. The second kappa shape index (κ2) is 12.5. The number of hydrogen-bond donors (Lipinski definition) is 1. The van der Waals surface area contributed by atoms with E-state index >= 15 is 0 Å². The molecule has 3 amide bonds. The zero-order valence-electron chi connectivity index (χ0n) is 24.4. The summed E-state index contributed by atoms with van der Waals surface area (Å²) in [5.41, 5.74) is -0.367. The zero-order chi connectivity index (χ0) is 31.5. The molecule has 3 aromatic rings. The fourth-order valence-corrected chi connectivity index (χ4v) is 5.91. The van der Waals surface area contributed by atoms with Crippen LogP contribution < -0.4 is 19.7 Å². The number of rotatable bonds is 8. The third kappa shape index (κ3) is 6.01. The van der Waals surface area contributed by atoms with Crippen molar-refractivity contribution in [2.75, 3.05) is 45.4 Å². The van der Waals surface area contributed by atoms with E-state index in [1.165, 1.54) is 31.3 Å². The van der Waals surface area contributed by atoms with Gasteiger partial charge in [-0.3, -0.25) is 14.4 Å². The molecule has 2 fully saturated rings. The van der Waals surface area contributed by atoms with Gasteiger partial charge in [0.1, 0.15) is 29.1 Å². The molecule has 2 aliphatic rings. The molecule has 2 saturated heterocycles. The number of nitrogens with zero attached hydrogens (tertiary/aromatic N) is 3. The zero-order valence-corrected chi connectivity index (χ0v) is 24.4. The maximum absolute atomic E-state index is 14.0. The number of carbonyl (C=O) groups excluding carboxylic acids is 3. The molecule has 0 aromatic heterocycles. The Kier molecular flexibility index (Phi) is 8.70. The van der Waals surface area contributed by atoms with Gasteiger partial charge in [-0.25, -0.2) is 0 Å². The summed E-state index contributed by atoms with van der Waals surface area (Å²) in [5.74, 6) is -0.217. The van der Waals surface area contributed by atoms with E-state index in [0.717, 1.165) is 17.8 Å². The number of nitrogens with one attached hydrogen (secondary N) is 1. The topological polar surface area (TPSA) is 91.4 Å². The molecule has 44 heavy (non-hydrogen) atoms. The number of hydrogen-bond acceptors (Lipinski definition) is 6. The molecule has 9 nitrogen and oxygen atoms in total. The molecule has 1 N–H and O–H groups in total. The van der Waals surface area contributed by atoms with Crippen molar-refractivity contribution in [3.63, 3.8) is 0 Å². The van der Waals surface area contributed by atoms with Gasteiger partial charge in [-0.2, -0.15) is 13.2 Å². The standard InChI is InChI=1S/C32H33F3N4O5/c1-43-25-12-7-13-26(44-2)28(25)29(41)37-16-14-31(15-17-37)30(42)38(21-39(31)24-10-4-3-5-11-24)20-27(40)36-19-22-8-6-9-23(18-22)32(33,34)35/h3-13,18H,14-17,19-21H2,1-2H3,(H,36,40). The number of para-hydroxylation sites is 1. The van der Waals surface area contributed by atoms with Crippen molar-refractivity contribution in [3.8, 4) is 11.5 Å². The minimum absolute atomic E-state index is 0.109. The number of alkyl halides is 3. The van der Waals surface area contributed by atoms with E-state index in [1.807, 2.05) is 35.2 Å². The number of piperidine rings is 1. The highest BCUT2D eigenvalue weighted by Crippen LogP contribution is 2.40. The van der Waals surface area contributed by atoms with Gasteiger partial charge >= 0.3 is 6.18 Å². The van der Waals surface area contributed by atoms with Gasteiger partial charge < -0.3 is 29.5 Å². The van der Waals surface area contributed by atoms with Gasteiger partial charge in [0.25, 0.3) is 11.8 Å². The summed E-state index contributed by atoms with van der Waals surface area (Å²) in [4.78, 5) is 45.6. The van der Waals surface area contributed by atoms with Crippen molar-refractivity contribution in [1.82, 2.24) is 15.1 Å². The van der Waals surface area contributed by atoms with Crippen molar-refractivity contribution >= 4 is 23.4 Å². The summed E-state index contributed by atoms with van der Waals surface area (Å²) in [6.45, 7) is 0.342. The minimum atomic E-state index is -4.49. The van der Waals surface area contributed by atoms with Crippen molar-refractivity contribution in [3.05, 3.63) is 89.5 Å². The number of benzene rings is 3. The van der Waals surface area contributed by atoms with Gasteiger partial charge in [0.05, 0.1) is 26.5 Å². The van der Waals surface area contributed by atoms with E-state index in [1.54, 1.807) is 23.1 Å². The molecule has 0 radical (unpaired) electrons. The van der Waals surface area contributed by atoms with Crippen LogP contribution in [0.15, 0.2) is 72.8 Å². The second-order valence-corrected chi connectivity index (χ2v) is 10.7. The lowest BCUT2D eigenvalue weighted by Crippen LogP contribution is -2.57. The lowest BCUT2D eigenvalue weighted by atomic mass is 9.85. The Morgan fingerprint density at radius 2 is 1.55 bits per heavy atom. The van der Waals surface area contributed by atoms with Crippen LogP contribution in [0.25, 0.3) is 0 Å². The molecular formula is C32H33F3N4O5. The lowest BCUT2D eigenvalue weighted by molar-refractivity contribution is -0.138. The summed E-state index contributed by atoms with van der Waals surface area (Å²) in [5, 5.41) is 2.64. The predicted molar refractivity (Wildman–Crippen MR) is 156 cm³/mol. The summed E-state index contributed by atoms with van der Waals surface area (Å²) < 4.78 is 50.1. The number of likely N-dealkylation sites (tertiary alicyclic amines) is 1. The fraction of sp³-hybridized carbons (Fsp3) is 0.344. The highest BCUT2D eigenvalue weighted by Gasteiger charge is 2.54. The van der Waals surface area contributed by atoms with E-state index in [9.17, 15) is 27.6 Å². The third-order valence-electron chi connectivity index (χ3n) is 8.18. The first-order valence-electron chi connectivity index (χ1n) is 14.1. The summed E-state index contributed by atoms with van der Waals surface area (Å²) in [6, 6.07) is 19.2. The van der Waals surface area contributed by atoms with Crippen LogP contribution in [0.3, 0.4) is 0 Å². The number of ether oxygens (including phenoxy) is 2. The Hall–Kier alpha value is -4.74. The van der Waals surface area contributed by atoms with Gasteiger partial charge in [-0.05, 0) is 54.8 Å². The molecule has 2 aliphatic heterocycles. The summed E-state index contributed by atoms with van der Waals surface area (Å²) in [6.07, 6.45) is -3.84. The normalized spacial score (nSPS) is 16.3. The van der Waals surface area contributed by atoms with Crippen LogP contribution >= 0.6 is 0 Å². The highest BCUT2D eigenvalue weighted by molar-refractivity contribution is 6.01. The van der Waals surface area contributed by atoms with Gasteiger partial charge in [-0.1, -0.05) is 36.4 Å². The molecule has 0 aliphatic carbocycles. The molecule has 0 bridgehead atoms. The van der Waals surface area contributed by atoms with Crippen molar-refractivity contribution < 1.29 is 37.0 Å². The monoisotopic (exact) mass is 610 g/mol. The number of halogens is 3. The van der Waals surface area contributed by atoms with Crippen LogP contribution in [0.1, 0.15) is 34.3 Å². The average Bonchev–Trinajstić information content (AvgIpc) is 3.29. The van der Waals surface area contributed by atoms with Gasteiger partial charge in [0.2, 0.25) is 5.91 Å². The molecule has 1 spiro atoms. The van der Waals surface area contributed by atoms with Crippen LogP contribution in [0.5, 0.6) is 11.5 Å². The molecule has 3 aromatic carbocycles. The van der Waals surface area contributed by atoms with Gasteiger partial charge in [0, 0.05) is 25.3 Å². The maximum Gasteiger partial charge on any atom is 0.416 e. The first kappa shape index (κ1) is 30.7. The smallest absolute Gasteiger partial charge is 0.416 e. The molecule has 5 rings (SSSR count). The Balaban J connectivity index is 1.31. The number of carbonyl (C=O) groups is 3. The number of amides is 3. The maximum atomic E-state index is 14.0. The fourth-order valence-electron chi connectivity index (χ4n) is 5.91. The van der Waals surface area contributed by atoms with Crippen molar-refractivity contribution in [2.45, 2.75) is 31.1 Å². The van der Waals surface area contributed by atoms with E-state index in [4.69, 9.17) is 9.47 Å². The molecule has 232 valence electrons. The minimum Gasteiger partial charge on any atom is -0.496 e. The van der Waals surface area contributed by atoms with E-state index in [-0.39, 0.29) is 44.7 Å². The molecule has 0 unspecified atom stereocenters. The average molecular weight is 611 g/mol. The van der Waals surface area contributed by atoms with Gasteiger partial charge in [-0.15, -0.1) is 0 Å². The largest absolute Gasteiger partial charge is 0.496 e. The Labute approximate surface area is 253 Å². The second-order valence-electron chi connectivity index (χ2n) is 10.7. The molecule has 2 heterocycles. The van der Waals surface area contributed by atoms with Crippen LogP contribution in [0.4, 0.5) is 18.9 Å². The van der Waals surface area contributed by atoms with Crippen LogP contribution in [-0.4, -0.2) is 73.6 Å². The van der Waals surface area contributed by atoms with Crippen LogP contribution in [0.2, 0.25) is 0 Å². The van der Waals surface area contributed by atoms with E-state index in [2.05, 4.69) is 5.32 Å². The van der Waals surface area contributed by atoms with Crippen molar-refractivity contribution in [2.24, 2.45) is 0 Å². The predicted octanol–water partition coefficient (Wildman–Crippen LogP) is 4.32. The Morgan fingerprint density at radius 3 is 2.16 bits per heavy atom. The number of methoxy groups -OCH3 is 2. The summed E-state index contributed by atoms with van der Waals surface area (Å²) >= 11 is 0. The molecule has 0 saturated carbocycles. The van der Waals surface area contributed by atoms with Crippen LogP contribution in [0, 0.1) is 0 Å². The summed E-state index contributed by atoms with van der Waals surface area (Å²) in [7, 11) is 2.96. The SMILES string of the molecule is COc1cccc(OC)c1C(=O)N1CCC2(CC1)C(=O)N(CC(=O)NCc1cccc(C(F)(F)F)c1)CN2c1ccccc1. The van der Waals surface area contributed by atoms with E-state index < -0.39 is 23.2 Å². The first-order valence-corrected chi connectivity index (χ1v) is 14.1. The highest BCUT2D eigenvalue weighted by atomic mass is 19.4. The molecule has 12 heteroatoms. The van der Waals surface area contributed by atoms with E-state index in [0.29, 0.717) is 35.5 Å². The van der Waals surface area contributed by atoms with Crippen molar-refractivity contribution in [1.29, 1.82) is 0 Å². The number of anilines is 1. The van der Waals surface area contributed by atoms with Gasteiger partial charge in [0.15, 0.2) is 0 Å². The quantitative estimate of drug-likeness (QED) is 0.409.